The molecule has 0 spiro atoms. The van der Waals surface area contributed by atoms with Crippen LogP contribution in [0.25, 0.3) is 0 Å². The second-order valence-corrected chi connectivity index (χ2v) is 3.84. The Balaban J connectivity index is 2.21. The van der Waals surface area contributed by atoms with Gasteiger partial charge in [0.1, 0.15) is 6.10 Å². The lowest BCUT2D eigenvalue weighted by Gasteiger charge is -2.30. The maximum atomic E-state index is 10.4. The highest BCUT2D eigenvalue weighted by molar-refractivity contribution is 14.1. The zero-order valence-corrected chi connectivity index (χ0v) is 7.42. The summed E-state index contributed by atoms with van der Waals surface area (Å²) in [7, 11) is 0. The van der Waals surface area contributed by atoms with E-state index in [0.717, 1.165) is 6.42 Å². The Morgan fingerprint density at radius 3 is 2.44 bits per heavy atom. The van der Waals surface area contributed by atoms with Crippen molar-refractivity contribution >= 4 is 28.6 Å². The maximum Gasteiger partial charge on any atom is 0.302 e. The molecule has 0 aliphatic heterocycles. The van der Waals surface area contributed by atoms with Crippen LogP contribution in [0, 0.1) is 0 Å². The zero-order chi connectivity index (χ0) is 6.85. The van der Waals surface area contributed by atoms with Gasteiger partial charge in [0.25, 0.3) is 0 Å². The van der Waals surface area contributed by atoms with Crippen molar-refractivity contribution in [2.45, 2.75) is 29.8 Å². The van der Waals surface area contributed by atoms with E-state index in [-0.39, 0.29) is 12.1 Å². The van der Waals surface area contributed by atoms with Gasteiger partial charge in [0.15, 0.2) is 0 Å². The molecular formula is C6H9IO2. The molecule has 1 saturated carbocycles. The van der Waals surface area contributed by atoms with Gasteiger partial charge in [-0.3, -0.25) is 4.79 Å². The highest BCUT2D eigenvalue weighted by Gasteiger charge is 2.30. The molecule has 0 aromatic rings. The van der Waals surface area contributed by atoms with Crippen LogP contribution in [0.4, 0.5) is 0 Å². The normalized spacial score (nSPS) is 33.1. The molecule has 0 N–H and O–H groups in total. The quantitative estimate of drug-likeness (QED) is 0.394. The van der Waals surface area contributed by atoms with Crippen LogP contribution < -0.4 is 0 Å². The molecule has 9 heavy (non-hydrogen) atoms. The molecule has 1 aliphatic rings. The van der Waals surface area contributed by atoms with E-state index in [0.29, 0.717) is 3.92 Å². The fourth-order valence-corrected chi connectivity index (χ4v) is 1.64. The van der Waals surface area contributed by atoms with Crippen LogP contribution in [0.5, 0.6) is 0 Å². The van der Waals surface area contributed by atoms with Crippen LogP contribution in [0.2, 0.25) is 0 Å². The Kier molecular flexibility index (Phi) is 2.32. The lowest BCUT2D eigenvalue weighted by Crippen LogP contribution is -2.35. The molecule has 0 aromatic heterocycles. The number of halogens is 1. The molecule has 0 bridgehead atoms. The fourth-order valence-electron chi connectivity index (χ4n) is 0.775. The average molecular weight is 240 g/mol. The third kappa shape index (κ3) is 1.81. The summed E-state index contributed by atoms with van der Waals surface area (Å²) in [6.07, 6.45) is 2.45. The summed E-state index contributed by atoms with van der Waals surface area (Å²) < 4.78 is 5.51. The summed E-state index contributed by atoms with van der Waals surface area (Å²) in [5.74, 6) is -0.152. The monoisotopic (exact) mass is 240 g/mol. The largest absolute Gasteiger partial charge is 0.461 e. The number of ether oxygens (including phenoxy) is 1. The van der Waals surface area contributed by atoms with Crippen LogP contribution in [0.15, 0.2) is 0 Å². The predicted molar refractivity (Wildman–Crippen MR) is 42.6 cm³/mol. The lowest BCUT2D eigenvalue weighted by atomic mass is 9.96. The highest BCUT2D eigenvalue weighted by Crippen LogP contribution is 2.30. The van der Waals surface area contributed by atoms with Gasteiger partial charge in [0, 0.05) is 10.8 Å². The molecule has 0 heterocycles. The smallest absolute Gasteiger partial charge is 0.302 e. The molecule has 0 aromatic carbocycles. The standard InChI is InChI=1S/C6H9IO2/c1-4(8)9-6-3-2-5(6)7/h5-6H,2-3H2,1H3. The van der Waals surface area contributed by atoms with Crippen LogP contribution in [-0.4, -0.2) is 16.0 Å². The molecular weight excluding hydrogens is 231 g/mol. The highest BCUT2D eigenvalue weighted by atomic mass is 127. The van der Waals surface area contributed by atoms with Crippen molar-refractivity contribution in [3.8, 4) is 0 Å². The molecule has 1 aliphatic carbocycles. The minimum atomic E-state index is -0.152. The average Bonchev–Trinajstić information content (AvgIpc) is 1.79. The second-order valence-electron chi connectivity index (χ2n) is 2.24. The molecule has 0 amide bonds. The van der Waals surface area contributed by atoms with Gasteiger partial charge in [-0.15, -0.1) is 0 Å². The minimum Gasteiger partial charge on any atom is -0.461 e. The number of esters is 1. The first kappa shape index (κ1) is 7.31. The molecule has 3 heteroatoms. The Hall–Kier alpha value is 0.200. The Morgan fingerprint density at radius 1 is 1.67 bits per heavy atom. The third-order valence-electron chi connectivity index (χ3n) is 1.45. The summed E-state index contributed by atoms with van der Waals surface area (Å²) in [6.45, 7) is 1.46. The van der Waals surface area contributed by atoms with Gasteiger partial charge in [-0.25, -0.2) is 0 Å². The van der Waals surface area contributed by atoms with Crippen molar-refractivity contribution in [3.05, 3.63) is 0 Å². The molecule has 2 atom stereocenters. The molecule has 2 nitrogen and oxygen atoms in total. The van der Waals surface area contributed by atoms with Crippen molar-refractivity contribution < 1.29 is 9.53 Å². The van der Waals surface area contributed by atoms with Gasteiger partial charge in [0.2, 0.25) is 0 Å². The number of rotatable bonds is 1. The lowest BCUT2D eigenvalue weighted by molar-refractivity contribution is -0.149. The van der Waals surface area contributed by atoms with E-state index in [1.807, 2.05) is 0 Å². The van der Waals surface area contributed by atoms with Crippen LogP contribution in [-0.2, 0) is 9.53 Å². The first-order valence-corrected chi connectivity index (χ1v) is 4.26. The Bertz CT molecular complexity index is 124. The summed E-state index contributed by atoms with van der Waals surface area (Å²) in [5, 5.41) is 0. The predicted octanol–water partition coefficient (Wildman–Crippen LogP) is 1.52. The van der Waals surface area contributed by atoms with Gasteiger partial charge in [-0.05, 0) is 12.8 Å². The topological polar surface area (TPSA) is 26.3 Å². The zero-order valence-electron chi connectivity index (χ0n) is 5.26. The number of hydrogen-bond acceptors (Lipinski definition) is 2. The van der Waals surface area contributed by atoms with Gasteiger partial charge in [0.05, 0.1) is 0 Å². The van der Waals surface area contributed by atoms with Crippen LogP contribution >= 0.6 is 22.6 Å². The van der Waals surface area contributed by atoms with Gasteiger partial charge >= 0.3 is 5.97 Å². The van der Waals surface area contributed by atoms with Crippen molar-refractivity contribution in [1.29, 1.82) is 0 Å². The molecule has 52 valence electrons. The first-order chi connectivity index (χ1) is 4.20. The number of alkyl halides is 1. The Labute approximate surface area is 68.1 Å². The van der Waals surface area contributed by atoms with E-state index in [2.05, 4.69) is 22.6 Å². The summed E-state index contributed by atoms with van der Waals surface area (Å²) in [6, 6.07) is 0. The SMILES string of the molecule is CC(=O)OC1CCC1I. The van der Waals surface area contributed by atoms with Crippen molar-refractivity contribution in [3.63, 3.8) is 0 Å². The molecule has 1 rings (SSSR count). The van der Waals surface area contributed by atoms with Crippen LogP contribution in [0.1, 0.15) is 19.8 Å². The van der Waals surface area contributed by atoms with Crippen LogP contribution in [0.3, 0.4) is 0 Å². The number of hydrogen-bond donors (Lipinski definition) is 0. The number of carbonyl (C=O) groups is 1. The molecule has 2 unspecified atom stereocenters. The number of carbonyl (C=O) groups excluding carboxylic acids is 1. The fraction of sp³-hybridized carbons (Fsp3) is 0.833. The summed E-state index contributed by atoms with van der Waals surface area (Å²) >= 11 is 2.31. The molecule has 0 saturated heterocycles. The molecule has 1 fully saturated rings. The van der Waals surface area contributed by atoms with Crippen molar-refractivity contribution in [2.75, 3.05) is 0 Å². The van der Waals surface area contributed by atoms with E-state index in [1.54, 1.807) is 0 Å². The van der Waals surface area contributed by atoms with Crippen molar-refractivity contribution in [2.24, 2.45) is 0 Å². The van der Waals surface area contributed by atoms with E-state index in [4.69, 9.17) is 4.74 Å². The van der Waals surface area contributed by atoms with Crippen molar-refractivity contribution in [1.82, 2.24) is 0 Å². The maximum absolute atomic E-state index is 10.4. The summed E-state index contributed by atoms with van der Waals surface area (Å²) in [4.78, 5) is 10.4. The van der Waals surface area contributed by atoms with Gasteiger partial charge < -0.3 is 4.74 Å². The second kappa shape index (κ2) is 2.86. The minimum absolute atomic E-state index is 0.152. The van der Waals surface area contributed by atoms with E-state index < -0.39 is 0 Å². The Morgan fingerprint density at radius 2 is 2.33 bits per heavy atom. The first-order valence-electron chi connectivity index (χ1n) is 3.01. The van der Waals surface area contributed by atoms with E-state index in [9.17, 15) is 4.79 Å². The van der Waals surface area contributed by atoms with Gasteiger partial charge in [-0.2, -0.15) is 0 Å². The molecule has 0 radical (unpaired) electrons. The summed E-state index contributed by atoms with van der Waals surface area (Å²) in [5.41, 5.74) is 0. The van der Waals surface area contributed by atoms with Gasteiger partial charge in [-0.1, -0.05) is 22.6 Å². The van der Waals surface area contributed by atoms with E-state index in [1.165, 1.54) is 13.3 Å². The third-order valence-corrected chi connectivity index (χ3v) is 2.87. The van der Waals surface area contributed by atoms with E-state index >= 15 is 0 Å².